The van der Waals surface area contributed by atoms with Crippen molar-refractivity contribution in [2.75, 3.05) is 5.01 Å². The lowest BCUT2D eigenvalue weighted by molar-refractivity contribution is -0.139. The van der Waals surface area contributed by atoms with Gasteiger partial charge in [-0.3, -0.25) is 9.59 Å². The Morgan fingerprint density at radius 1 is 1.56 bits per heavy atom. The van der Waals surface area contributed by atoms with E-state index in [1.165, 1.54) is 5.01 Å². The number of carboxylic acid groups (broad SMARTS) is 1. The summed E-state index contributed by atoms with van der Waals surface area (Å²) < 4.78 is 0.835. The number of carbonyl (C=O) groups is 2. The molecule has 1 N–H and O–H groups in total. The van der Waals surface area contributed by atoms with Crippen LogP contribution in [-0.4, -0.2) is 22.7 Å². The zero-order valence-electron chi connectivity index (χ0n) is 9.63. The number of amides is 1. The summed E-state index contributed by atoms with van der Waals surface area (Å²) >= 11 is 3.32. The Bertz CT molecular complexity index is 542. The molecule has 1 aromatic carbocycles. The molecule has 2 rings (SSSR count). The number of rotatable bonds is 3. The molecule has 0 aromatic heterocycles. The zero-order valence-corrected chi connectivity index (χ0v) is 11.2. The van der Waals surface area contributed by atoms with Gasteiger partial charge in [0, 0.05) is 10.2 Å². The first kappa shape index (κ1) is 12.8. The highest BCUT2D eigenvalue weighted by Crippen LogP contribution is 2.27. The van der Waals surface area contributed by atoms with Crippen LogP contribution in [0.25, 0.3) is 0 Å². The number of anilines is 1. The van der Waals surface area contributed by atoms with E-state index in [0.717, 1.165) is 4.47 Å². The predicted octanol–water partition coefficient (Wildman–Crippen LogP) is 2.26. The zero-order chi connectivity index (χ0) is 13.3. The molecule has 1 aromatic rings. The van der Waals surface area contributed by atoms with Gasteiger partial charge in [0.15, 0.2) is 0 Å². The van der Waals surface area contributed by atoms with E-state index in [1.54, 1.807) is 25.1 Å². The van der Waals surface area contributed by atoms with Crippen molar-refractivity contribution in [1.82, 2.24) is 0 Å². The van der Waals surface area contributed by atoms with Gasteiger partial charge < -0.3 is 5.11 Å². The van der Waals surface area contributed by atoms with Crippen LogP contribution in [0.5, 0.6) is 0 Å². The van der Waals surface area contributed by atoms with Crippen molar-refractivity contribution in [3.8, 4) is 0 Å². The van der Waals surface area contributed by atoms with Crippen molar-refractivity contribution >= 4 is 39.2 Å². The van der Waals surface area contributed by atoms with Crippen LogP contribution in [0.4, 0.5) is 5.69 Å². The monoisotopic (exact) mass is 310 g/mol. The lowest BCUT2D eigenvalue weighted by atomic mass is 10.0. The van der Waals surface area contributed by atoms with E-state index >= 15 is 0 Å². The number of carboxylic acids is 1. The third-order valence-electron chi connectivity index (χ3n) is 2.70. The Morgan fingerprint density at radius 2 is 2.28 bits per heavy atom. The van der Waals surface area contributed by atoms with Gasteiger partial charge in [-0.25, -0.2) is 5.01 Å². The molecule has 0 unspecified atom stereocenters. The molecule has 5 nitrogen and oxygen atoms in total. The van der Waals surface area contributed by atoms with E-state index in [0.29, 0.717) is 11.4 Å². The SMILES string of the molecule is CC1=NN(c2cccc(Br)c2)C(=O)[C@@H]1CC(=O)O. The Labute approximate surface area is 112 Å². The molecule has 0 radical (unpaired) electrons. The van der Waals surface area contributed by atoms with Gasteiger partial charge in [-0.1, -0.05) is 22.0 Å². The first-order chi connectivity index (χ1) is 8.49. The molecule has 1 aliphatic rings. The first-order valence-corrected chi connectivity index (χ1v) is 6.15. The number of carbonyl (C=O) groups excluding carboxylic acids is 1. The summed E-state index contributed by atoms with van der Waals surface area (Å²) in [5.74, 6) is -1.96. The Morgan fingerprint density at radius 3 is 2.89 bits per heavy atom. The fourth-order valence-electron chi connectivity index (χ4n) is 1.81. The van der Waals surface area contributed by atoms with Crippen LogP contribution in [-0.2, 0) is 9.59 Å². The largest absolute Gasteiger partial charge is 0.481 e. The molecule has 94 valence electrons. The van der Waals surface area contributed by atoms with Gasteiger partial charge in [0.2, 0.25) is 0 Å². The van der Waals surface area contributed by atoms with E-state index in [4.69, 9.17) is 5.11 Å². The second-order valence-corrected chi connectivity index (χ2v) is 4.94. The molecule has 6 heteroatoms. The van der Waals surface area contributed by atoms with Crippen molar-refractivity contribution < 1.29 is 14.7 Å². The molecule has 0 bridgehead atoms. The highest BCUT2D eigenvalue weighted by atomic mass is 79.9. The van der Waals surface area contributed by atoms with Crippen molar-refractivity contribution in [2.24, 2.45) is 11.0 Å². The molecule has 0 spiro atoms. The van der Waals surface area contributed by atoms with E-state index in [9.17, 15) is 9.59 Å². The summed E-state index contributed by atoms with van der Waals surface area (Å²) in [6.45, 7) is 1.67. The second kappa shape index (κ2) is 4.89. The van der Waals surface area contributed by atoms with Crippen molar-refractivity contribution in [3.63, 3.8) is 0 Å². The van der Waals surface area contributed by atoms with Gasteiger partial charge in [0.1, 0.15) is 0 Å². The summed E-state index contributed by atoms with van der Waals surface area (Å²) in [6.07, 6.45) is -0.224. The fraction of sp³-hybridized carbons (Fsp3) is 0.250. The van der Waals surface area contributed by atoms with Crippen LogP contribution >= 0.6 is 15.9 Å². The maximum Gasteiger partial charge on any atom is 0.304 e. The lowest BCUT2D eigenvalue weighted by Crippen LogP contribution is -2.28. The van der Waals surface area contributed by atoms with E-state index in [1.807, 2.05) is 6.07 Å². The predicted molar refractivity (Wildman–Crippen MR) is 70.5 cm³/mol. The molecule has 1 aliphatic heterocycles. The summed E-state index contributed by atoms with van der Waals surface area (Å²) in [5.41, 5.74) is 1.16. The van der Waals surface area contributed by atoms with Crippen LogP contribution < -0.4 is 5.01 Å². The van der Waals surface area contributed by atoms with Crippen LogP contribution in [0.3, 0.4) is 0 Å². The number of aliphatic carboxylic acids is 1. The minimum Gasteiger partial charge on any atom is -0.481 e. The summed E-state index contributed by atoms with van der Waals surface area (Å²) in [7, 11) is 0. The summed E-state index contributed by atoms with van der Waals surface area (Å²) in [5, 5.41) is 14.2. The number of benzene rings is 1. The van der Waals surface area contributed by atoms with Gasteiger partial charge >= 0.3 is 5.97 Å². The van der Waals surface area contributed by atoms with Gasteiger partial charge in [0.25, 0.3) is 5.91 Å². The Balaban J connectivity index is 2.28. The lowest BCUT2D eigenvalue weighted by Gasteiger charge is -2.13. The molecule has 1 heterocycles. The average molecular weight is 311 g/mol. The number of halogens is 1. The van der Waals surface area contributed by atoms with Gasteiger partial charge in [0.05, 0.1) is 18.0 Å². The third-order valence-corrected chi connectivity index (χ3v) is 3.19. The normalized spacial score (nSPS) is 19.0. The highest BCUT2D eigenvalue weighted by Gasteiger charge is 2.35. The van der Waals surface area contributed by atoms with Crippen LogP contribution in [0.1, 0.15) is 13.3 Å². The topological polar surface area (TPSA) is 70.0 Å². The fourth-order valence-corrected chi connectivity index (χ4v) is 2.19. The summed E-state index contributed by atoms with van der Waals surface area (Å²) in [6, 6.07) is 7.15. The molecule has 18 heavy (non-hydrogen) atoms. The average Bonchev–Trinajstić information content (AvgIpc) is 2.56. The van der Waals surface area contributed by atoms with Crippen molar-refractivity contribution in [1.29, 1.82) is 0 Å². The smallest absolute Gasteiger partial charge is 0.304 e. The van der Waals surface area contributed by atoms with Crippen molar-refractivity contribution in [3.05, 3.63) is 28.7 Å². The molecule has 0 aliphatic carbocycles. The van der Waals surface area contributed by atoms with Gasteiger partial charge in [-0.05, 0) is 25.1 Å². The van der Waals surface area contributed by atoms with Crippen LogP contribution in [0.2, 0.25) is 0 Å². The van der Waals surface area contributed by atoms with E-state index in [-0.39, 0.29) is 12.3 Å². The standard InChI is InChI=1S/C12H11BrN2O3/c1-7-10(6-11(16)17)12(18)15(14-7)9-4-2-3-8(13)5-9/h2-5,10H,6H2,1H3,(H,16,17)/t10-/m1/s1. The molecule has 1 atom stereocenters. The minimum atomic E-state index is -1.00. The summed E-state index contributed by atoms with van der Waals surface area (Å²) in [4.78, 5) is 22.8. The molecule has 0 saturated carbocycles. The maximum absolute atomic E-state index is 12.1. The molecule has 0 saturated heterocycles. The van der Waals surface area contributed by atoms with E-state index < -0.39 is 11.9 Å². The molecular formula is C12H11BrN2O3. The van der Waals surface area contributed by atoms with E-state index in [2.05, 4.69) is 21.0 Å². The number of hydrogen-bond acceptors (Lipinski definition) is 3. The maximum atomic E-state index is 12.1. The molecular weight excluding hydrogens is 300 g/mol. The van der Waals surface area contributed by atoms with Crippen molar-refractivity contribution in [2.45, 2.75) is 13.3 Å². The second-order valence-electron chi connectivity index (χ2n) is 4.02. The Hall–Kier alpha value is -1.69. The third kappa shape index (κ3) is 2.43. The Kier molecular flexibility index (Phi) is 3.47. The van der Waals surface area contributed by atoms with Gasteiger partial charge in [-0.2, -0.15) is 5.10 Å². The number of hydrazone groups is 1. The minimum absolute atomic E-state index is 0.224. The van der Waals surface area contributed by atoms with Gasteiger partial charge in [-0.15, -0.1) is 0 Å². The van der Waals surface area contributed by atoms with Crippen LogP contribution in [0, 0.1) is 5.92 Å². The van der Waals surface area contributed by atoms with Crippen LogP contribution in [0.15, 0.2) is 33.8 Å². The molecule has 0 fully saturated rings. The number of nitrogens with zero attached hydrogens (tertiary/aromatic N) is 2. The first-order valence-electron chi connectivity index (χ1n) is 5.35. The highest BCUT2D eigenvalue weighted by molar-refractivity contribution is 9.10. The quantitative estimate of drug-likeness (QED) is 0.931. The number of hydrogen-bond donors (Lipinski definition) is 1. The molecule has 1 amide bonds.